The van der Waals surface area contributed by atoms with Crippen LogP contribution in [0, 0.1) is 0 Å². The van der Waals surface area contributed by atoms with E-state index in [1.54, 1.807) is 54.9 Å². The lowest BCUT2D eigenvalue weighted by Gasteiger charge is -2.33. The second kappa shape index (κ2) is 10.2. The number of carbonyl (C=O) groups is 2. The highest BCUT2D eigenvalue weighted by atomic mass is 32.2. The first-order valence-electron chi connectivity index (χ1n) is 9.73. The van der Waals surface area contributed by atoms with Crippen molar-refractivity contribution in [1.82, 2.24) is 9.80 Å². The quantitative estimate of drug-likeness (QED) is 0.661. The Morgan fingerprint density at radius 1 is 0.900 bits per heavy atom. The van der Waals surface area contributed by atoms with Crippen LogP contribution in [0.1, 0.15) is 12.5 Å². The summed E-state index contributed by atoms with van der Waals surface area (Å²) in [4.78, 5) is 29.4. The van der Waals surface area contributed by atoms with E-state index in [0.29, 0.717) is 26.2 Å². The summed E-state index contributed by atoms with van der Waals surface area (Å²) in [5.74, 6) is 1.54. The molecule has 0 aromatic heterocycles. The van der Waals surface area contributed by atoms with Gasteiger partial charge in [0, 0.05) is 39.2 Å². The van der Waals surface area contributed by atoms with Crippen molar-refractivity contribution in [2.24, 2.45) is 0 Å². The Balaban J connectivity index is 1.67. The zero-order chi connectivity index (χ0) is 21.5. The molecule has 6 nitrogen and oxygen atoms in total. The highest BCUT2D eigenvalue weighted by Crippen LogP contribution is 2.39. The third kappa shape index (κ3) is 5.36. The number of piperazine rings is 1. The lowest BCUT2D eigenvalue weighted by Crippen LogP contribution is -2.49. The first kappa shape index (κ1) is 21.8. The SMILES string of the molecule is COc1ccccc1Sc1ccc(/C=C/C(=O)N2CCN(C(C)=O)CC2)cc1OC. The van der Waals surface area contributed by atoms with Gasteiger partial charge in [-0.2, -0.15) is 0 Å². The smallest absolute Gasteiger partial charge is 0.246 e. The van der Waals surface area contributed by atoms with Gasteiger partial charge in [0.15, 0.2) is 0 Å². The van der Waals surface area contributed by atoms with Crippen molar-refractivity contribution in [3.8, 4) is 11.5 Å². The predicted molar refractivity (Wildman–Crippen MR) is 118 cm³/mol. The van der Waals surface area contributed by atoms with Crippen LogP contribution in [-0.4, -0.2) is 62.0 Å². The van der Waals surface area contributed by atoms with Crippen LogP contribution < -0.4 is 9.47 Å². The van der Waals surface area contributed by atoms with Crippen molar-refractivity contribution in [1.29, 1.82) is 0 Å². The van der Waals surface area contributed by atoms with Gasteiger partial charge in [0.1, 0.15) is 11.5 Å². The predicted octanol–water partition coefficient (Wildman–Crippen LogP) is 3.56. The van der Waals surface area contributed by atoms with E-state index in [2.05, 4.69) is 0 Å². The molecule has 0 unspecified atom stereocenters. The molecule has 2 aromatic rings. The number of rotatable bonds is 6. The van der Waals surface area contributed by atoms with Gasteiger partial charge < -0.3 is 19.3 Å². The standard InChI is InChI=1S/C23H26N2O4S/c1-17(26)24-12-14-25(15-13-24)23(27)11-9-18-8-10-22(20(16-18)29-3)30-21-7-5-4-6-19(21)28-2/h4-11,16H,12-15H2,1-3H3/b11-9+. The first-order valence-corrected chi connectivity index (χ1v) is 10.5. The average Bonchev–Trinajstić information content (AvgIpc) is 2.78. The van der Waals surface area contributed by atoms with Gasteiger partial charge in [0.2, 0.25) is 11.8 Å². The van der Waals surface area contributed by atoms with Gasteiger partial charge in [0.25, 0.3) is 0 Å². The molecular formula is C23H26N2O4S. The molecule has 0 bridgehead atoms. The van der Waals surface area contributed by atoms with Crippen molar-refractivity contribution in [3.63, 3.8) is 0 Å². The molecule has 0 saturated carbocycles. The Kier molecular flexibility index (Phi) is 7.41. The number of para-hydroxylation sites is 1. The summed E-state index contributed by atoms with van der Waals surface area (Å²) in [6.07, 6.45) is 3.37. The fourth-order valence-corrected chi connectivity index (χ4v) is 4.22. The van der Waals surface area contributed by atoms with Crippen LogP contribution >= 0.6 is 11.8 Å². The largest absolute Gasteiger partial charge is 0.496 e. The van der Waals surface area contributed by atoms with Crippen LogP contribution in [0.25, 0.3) is 6.08 Å². The minimum Gasteiger partial charge on any atom is -0.496 e. The molecule has 1 fully saturated rings. The molecule has 0 aliphatic carbocycles. The summed E-state index contributed by atoms with van der Waals surface area (Å²) in [5, 5.41) is 0. The third-order valence-corrected chi connectivity index (χ3v) is 6.05. The minimum atomic E-state index is -0.0513. The summed E-state index contributed by atoms with van der Waals surface area (Å²) in [6, 6.07) is 13.7. The molecule has 30 heavy (non-hydrogen) atoms. The van der Waals surface area contributed by atoms with Gasteiger partial charge in [-0.3, -0.25) is 9.59 Å². The number of ether oxygens (including phenoxy) is 2. The van der Waals surface area contributed by atoms with Gasteiger partial charge in [-0.05, 0) is 35.9 Å². The maximum atomic E-state index is 12.5. The maximum Gasteiger partial charge on any atom is 0.246 e. The average molecular weight is 427 g/mol. The number of hydrogen-bond donors (Lipinski definition) is 0. The van der Waals surface area contributed by atoms with Gasteiger partial charge in [-0.1, -0.05) is 30.0 Å². The van der Waals surface area contributed by atoms with E-state index in [9.17, 15) is 9.59 Å². The monoisotopic (exact) mass is 426 g/mol. The van der Waals surface area contributed by atoms with Gasteiger partial charge in [-0.25, -0.2) is 0 Å². The van der Waals surface area contributed by atoms with Crippen molar-refractivity contribution >= 4 is 29.7 Å². The van der Waals surface area contributed by atoms with E-state index in [0.717, 1.165) is 26.9 Å². The van der Waals surface area contributed by atoms with Crippen molar-refractivity contribution in [2.75, 3.05) is 40.4 Å². The number of amides is 2. The van der Waals surface area contributed by atoms with Crippen molar-refractivity contribution in [3.05, 3.63) is 54.1 Å². The number of nitrogens with zero attached hydrogens (tertiary/aromatic N) is 2. The minimum absolute atomic E-state index is 0.0513. The second-order valence-electron chi connectivity index (χ2n) is 6.83. The summed E-state index contributed by atoms with van der Waals surface area (Å²) in [5.41, 5.74) is 0.881. The molecule has 0 N–H and O–H groups in total. The molecule has 158 valence electrons. The van der Waals surface area contributed by atoms with Crippen LogP contribution in [0.5, 0.6) is 11.5 Å². The van der Waals surface area contributed by atoms with E-state index in [4.69, 9.17) is 9.47 Å². The molecule has 1 heterocycles. The Bertz CT molecular complexity index is 937. The van der Waals surface area contributed by atoms with Crippen LogP contribution in [0.4, 0.5) is 0 Å². The van der Waals surface area contributed by atoms with Gasteiger partial charge in [0.05, 0.1) is 24.0 Å². The van der Waals surface area contributed by atoms with E-state index in [1.807, 2.05) is 42.5 Å². The molecule has 0 spiro atoms. The number of methoxy groups -OCH3 is 2. The summed E-state index contributed by atoms with van der Waals surface area (Å²) >= 11 is 1.57. The highest BCUT2D eigenvalue weighted by Gasteiger charge is 2.20. The van der Waals surface area contributed by atoms with Crippen LogP contribution in [0.15, 0.2) is 58.3 Å². The molecule has 1 aliphatic rings. The topological polar surface area (TPSA) is 59.1 Å². The lowest BCUT2D eigenvalue weighted by atomic mass is 10.2. The Morgan fingerprint density at radius 2 is 1.53 bits per heavy atom. The second-order valence-corrected chi connectivity index (χ2v) is 7.91. The number of hydrogen-bond acceptors (Lipinski definition) is 5. The number of carbonyl (C=O) groups excluding carboxylic acids is 2. The summed E-state index contributed by atoms with van der Waals surface area (Å²) < 4.78 is 11.0. The van der Waals surface area contributed by atoms with E-state index in [1.165, 1.54) is 0 Å². The van der Waals surface area contributed by atoms with E-state index < -0.39 is 0 Å². The number of benzene rings is 2. The molecule has 0 atom stereocenters. The van der Waals surface area contributed by atoms with Crippen molar-refractivity contribution in [2.45, 2.75) is 16.7 Å². The fourth-order valence-electron chi connectivity index (χ4n) is 3.21. The van der Waals surface area contributed by atoms with Crippen molar-refractivity contribution < 1.29 is 19.1 Å². The van der Waals surface area contributed by atoms with Crippen LogP contribution in [-0.2, 0) is 9.59 Å². The van der Waals surface area contributed by atoms with E-state index in [-0.39, 0.29) is 11.8 Å². The normalized spacial score (nSPS) is 14.1. The van der Waals surface area contributed by atoms with Crippen LogP contribution in [0.2, 0.25) is 0 Å². The molecular weight excluding hydrogens is 400 g/mol. The highest BCUT2D eigenvalue weighted by molar-refractivity contribution is 7.99. The fraction of sp³-hybridized carbons (Fsp3) is 0.304. The molecule has 1 aliphatic heterocycles. The zero-order valence-corrected chi connectivity index (χ0v) is 18.3. The zero-order valence-electron chi connectivity index (χ0n) is 17.5. The molecule has 2 aromatic carbocycles. The molecule has 1 saturated heterocycles. The molecule has 2 amide bonds. The Labute approximate surface area is 181 Å². The Morgan fingerprint density at radius 3 is 2.20 bits per heavy atom. The van der Waals surface area contributed by atoms with Crippen LogP contribution in [0.3, 0.4) is 0 Å². The summed E-state index contributed by atoms with van der Waals surface area (Å²) in [6.45, 7) is 3.83. The maximum absolute atomic E-state index is 12.5. The third-order valence-electron chi connectivity index (χ3n) is 4.93. The van der Waals surface area contributed by atoms with Gasteiger partial charge >= 0.3 is 0 Å². The summed E-state index contributed by atoms with van der Waals surface area (Å²) in [7, 11) is 3.29. The molecule has 0 radical (unpaired) electrons. The molecule has 7 heteroatoms. The van der Waals surface area contributed by atoms with Gasteiger partial charge in [-0.15, -0.1) is 0 Å². The lowest BCUT2D eigenvalue weighted by molar-refractivity contribution is -0.135. The first-order chi connectivity index (χ1) is 14.5. The molecule has 3 rings (SSSR count). The Hall–Kier alpha value is -2.93. The van der Waals surface area contributed by atoms with E-state index >= 15 is 0 Å².